The van der Waals surface area contributed by atoms with E-state index in [0.29, 0.717) is 12.3 Å². The van der Waals surface area contributed by atoms with Gasteiger partial charge in [-0.25, -0.2) is 12.8 Å². The zero-order valence-electron chi connectivity index (χ0n) is 16.2. The molecule has 5 rings (SSSR count). The Morgan fingerprint density at radius 3 is 2.54 bits per heavy atom. The van der Waals surface area contributed by atoms with E-state index in [9.17, 15) is 22.7 Å². The number of carbonyl (C=O) groups excluding carboxylic acids is 1. The van der Waals surface area contributed by atoms with Crippen LogP contribution in [0.4, 0.5) is 4.39 Å². The highest BCUT2D eigenvalue weighted by Crippen LogP contribution is 2.67. The Morgan fingerprint density at radius 1 is 1.18 bits per heavy atom. The molecule has 4 aliphatic rings. The number of hydrogen-bond donors (Lipinski definition) is 2. The first-order valence-electron chi connectivity index (χ1n) is 10.1. The number of nitrogens with one attached hydrogen (secondary N) is 1. The molecular weight excluding hydrogens is 381 g/mol. The molecule has 2 N–H and O–H groups in total. The Balaban J connectivity index is 1.43. The van der Waals surface area contributed by atoms with Crippen LogP contribution in [-0.2, 0) is 14.6 Å². The molecule has 4 unspecified atom stereocenters. The van der Waals surface area contributed by atoms with Crippen LogP contribution in [0.25, 0.3) is 0 Å². The van der Waals surface area contributed by atoms with Gasteiger partial charge in [0.15, 0.2) is 9.84 Å². The zero-order valence-corrected chi connectivity index (χ0v) is 17.0. The van der Waals surface area contributed by atoms with Crippen molar-refractivity contribution < 1.29 is 22.7 Å². The van der Waals surface area contributed by atoms with Crippen molar-refractivity contribution in [3.8, 4) is 0 Å². The Labute approximate surface area is 165 Å². The van der Waals surface area contributed by atoms with Crippen LogP contribution in [0.15, 0.2) is 29.2 Å². The van der Waals surface area contributed by atoms with E-state index >= 15 is 0 Å². The van der Waals surface area contributed by atoms with Crippen LogP contribution >= 0.6 is 0 Å². The highest BCUT2D eigenvalue weighted by Gasteiger charge is 2.64. The van der Waals surface area contributed by atoms with Crippen molar-refractivity contribution in [3.63, 3.8) is 0 Å². The van der Waals surface area contributed by atoms with Gasteiger partial charge < -0.3 is 10.4 Å². The van der Waals surface area contributed by atoms with Crippen molar-refractivity contribution in [1.82, 2.24) is 5.32 Å². The molecule has 1 aromatic rings. The number of sulfone groups is 1. The van der Waals surface area contributed by atoms with Crippen molar-refractivity contribution in [2.45, 2.75) is 62.4 Å². The predicted octanol–water partition coefficient (Wildman–Crippen LogP) is 2.83. The lowest BCUT2D eigenvalue weighted by Crippen LogP contribution is -2.63. The normalized spacial score (nSPS) is 36.5. The van der Waals surface area contributed by atoms with E-state index in [1.807, 2.05) is 0 Å². The Hall–Kier alpha value is -1.47. The molecule has 28 heavy (non-hydrogen) atoms. The second-order valence-corrected chi connectivity index (χ2v) is 11.5. The molecule has 4 saturated carbocycles. The third kappa shape index (κ3) is 3.36. The van der Waals surface area contributed by atoms with E-state index in [2.05, 4.69) is 12.2 Å². The molecule has 0 heterocycles. The van der Waals surface area contributed by atoms with E-state index in [0.717, 1.165) is 50.7 Å². The zero-order chi connectivity index (χ0) is 20.2. The van der Waals surface area contributed by atoms with Gasteiger partial charge in [0.1, 0.15) is 5.82 Å². The van der Waals surface area contributed by atoms with Crippen LogP contribution in [-0.4, -0.2) is 37.3 Å². The van der Waals surface area contributed by atoms with Crippen LogP contribution in [0, 0.1) is 22.6 Å². The van der Waals surface area contributed by atoms with Gasteiger partial charge in [-0.1, -0.05) is 13.3 Å². The van der Waals surface area contributed by atoms with Gasteiger partial charge in [-0.15, -0.1) is 0 Å². The highest BCUT2D eigenvalue weighted by molar-refractivity contribution is 7.91. The Kier molecular flexibility index (Phi) is 4.62. The van der Waals surface area contributed by atoms with Crippen LogP contribution in [0.5, 0.6) is 0 Å². The summed E-state index contributed by atoms with van der Waals surface area (Å²) in [6.45, 7) is 2.15. The molecule has 5 nitrogen and oxygen atoms in total. The maximum Gasteiger partial charge on any atom is 0.226 e. The summed E-state index contributed by atoms with van der Waals surface area (Å²) in [6, 6.07) is 4.72. The minimum absolute atomic E-state index is 0.0164. The van der Waals surface area contributed by atoms with Crippen LogP contribution < -0.4 is 5.32 Å². The molecule has 154 valence electrons. The van der Waals surface area contributed by atoms with Gasteiger partial charge in [0.05, 0.1) is 21.7 Å². The lowest BCUT2D eigenvalue weighted by atomic mass is 9.42. The molecule has 4 fully saturated rings. The molecule has 4 aliphatic carbocycles. The number of aliphatic hydroxyl groups is 1. The molecule has 0 spiro atoms. The first kappa shape index (κ1) is 19.8. The molecule has 0 aromatic heterocycles. The number of benzene rings is 1. The van der Waals surface area contributed by atoms with Gasteiger partial charge in [-0.2, -0.15) is 0 Å². The molecule has 4 bridgehead atoms. The van der Waals surface area contributed by atoms with Gasteiger partial charge in [0.25, 0.3) is 0 Å². The maximum absolute atomic E-state index is 13.1. The van der Waals surface area contributed by atoms with Crippen LogP contribution in [0.1, 0.15) is 51.9 Å². The molecule has 1 aromatic carbocycles. The Bertz CT molecular complexity index is 886. The summed E-state index contributed by atoms with van der Waals surface area (Å²) >= 11 is 0. The van der Waals surface area contributed by atoms with Crippen molar-refractivity contribution in [1.29, 1.82) is 0 Å². The molecule has 0 saturated heterocycles. The number of halogens is 1. The van der Waals surface area contributed by atoms with Gasteiger partial charge in [0.2, 0.25) is 5.91 Å². The monoisotopic (exact) mass is 409 g/mol. The average Bonchev–Trinajstić information content (AvgIpc) is 2.60. The minimum atomic E-state index is -3.59. The largest absolute Gasteiger partial charge is 0.390 e. The fourth-order valence-corrected chi connectivity index (χ4v) is 7.64. The highest BCUT2D eigenvalue weighted by atomic mass is 32.2. The van der Waals surface area contributed by atoms with E-state index in [-0.39, 0.29) is 28.5 Å². The summed E-state index contributed by atoms with van der Waals surface area (Å²) in [5.41, 5.74) is -1.30. The van der Waals surface area contributed by atoms with Crippen LogP contribution in [0.2, 0.25) is 0 Å². The fraction of sp³-hybridized carbons (Fsp3) is 0.667. The second kappa shape index (κ2) is 6.52. The molecule has 7 heteroatoms. The van der Waals surface area contributed by atoms with Crippen molar-refractivity contribution in [2.75, 3.05) is 12.3 Å². The smallest absolute Gasteiger partial charge is 0.226 e. The third-order valence-electron chi connectivity index (χ3n) is 7.22. The van der Waals surface area contributed by atoms with Gasteiger partial charge in [0, 0.05) is 6.54 Å². The van der Waals surface area contributed by atoms with Gasteiger partial charge in [-0.3, -0.25) is 4.79 Å². The topological polar surface area (TPSA) is 83.5 Å². The summed E-state index contributed by atoms with van der Waals surface area (Å²) in [5, 5.41) is 13.9. The van der Waals surface area contributed by atoms with E-state index in [1.54, 1.807) is 0 Å². The lowest BCUT2D eigenvalue weighted by molar-refractivity contribution is -0.204. The number of amides is 1. The minimum Gasteiger partial charge on any atom is -0.390 e. The first-order valence-corrected chi connectivity index (χ1v) is 11.7. The molecule has 1 amide bonds. The third-order valence-corrected chi connectivity index (χ3v) is 8.95. The number of hydrogen-bond acceptors (Lipinski definition) is 4. The Morgan fingerprint density at radius 2 is 1.89 bits per heavy atom. The van der Waals surface area contributed by atoms with E-state index in [1.165, 1.54) is 12.1 Å². The standard InChI is InChI=1S/C21H28FNO4S/c1-2-19-9-15-10-20(12-19,14-21(25,11-15)13-19)18(24)23-7-8-28(26,27)17-5-3-16(22)4-6-17/h3-6,15,25H,2,7-14H2,1H3,(H,23,24). The fourth-order valence-electron chi connectivity index (χ4n) is 6.48. The van der Waals surface area contributed by atoms with Crippen molar-refractivity contribution >= 4 is 15.7 Å². The van der Waals surface area contributed by atoms with Gasteiger partial charge >= 0.3 is 0 Å². The predicted molar refractivity (Wildman–Crippen MR) is 103 cm³/mol. The van der Waals surface area contributed by atoms with Crippen LogP contribution in [0.3, 0.4) is 0 Å². The number of rotatable bonds is 6. The number of carbonyl (C=O) groups is 1. The molecule has 4 atom stereocenters. The second-order valence-electron chi connectivity index (χ2n) is 9.40. The van der Waals surface area contributed by atoms with Crippen molar-refractivity contribution in [3.05, 3.63) is 30.1 Å². The SMILES string of the molecule is CCC12CC3CC(O)(C1)CC(C(=O)NCCS(=O)(=O)c1ccc(F)cc1)(C3)C2. The first-order chi connectivity index (χ1) is 13.1. The average molecular weight is 410 g/mol. The van der Waals surface area contributed by atoms with Crippen molar-refractivity contribution in [2.24, 2.45) is 16.7 Å². The maximum atomic E-state index is 13.1. The molecule has 0 aliphatic heterocycles. The summed E-state index contributed by atoms with van der Waals surface area (Å²) in [6.07, 6.45) is 5.65. The summed E-state index contributed by atoms with van der Waals surface area (Å²) in [4.78, 5) is 13.2. The summed E-state index contributed by atoms with van der Waals surface area (Å²) in [7, 11) is -3.59. The summed E-state index contributed by atoms with van der Waals surface area (Å²) < 4.78 is 37.8. The van der Waals surface area contributed by atoms with E-state index in [4.69, 9.17) is 0 Å². The quantitative estimate of drug-likeness (QED) is 0.708. The lowest BCUT2D eigenvalue weighted by Gasteiger charge is -2.64. The van der Waals surface area contributed by atoms with E-state index < -0.39 is 26.7 Å². The molecule has 0 radical (unpaired) electrons. The summed E-state index contributed by atoms with van der Waals surface area (Å²) in [5.74, 6) is -0.471. The molecular formula is C21H28FNO4S. The van der Waals surface area contributed by atoms with Gasteiger partial charge in [-0.05, 0) is 74.1 Å².